The van der Waals surface area contributed by atoms with E-state index >= 15 is 0 Å². The van der Waals surface area contributed by atoms with Crippen LogP contribution in [0.1, 0.15) is 45.7 Å². The van der Waals surface area contributed by atoms with Gasteiger partial charge in [-0.15, -0.1) is 0 Å². The zero-order valence-electron chi connectivity index (χ0n) is 21.0. The van der Waals surface area contributed by atoms with Crippen LogP contribution in [0.2, 0.25) is 0 Å². The van der Waals surface area contributed by atoms with Gasteiger partial charge in [0, 0.05) is 14.1 Å². The van der Waals surface area contributed by atoms with Crippen molar-refractivity contribution in [2.45, 2.75) is 13.8 Å². The van der Waals surface area contributed by atoms with Gasteiger partial charge in [0.15, 0.2) is 0 Å². The van der Waals surface area contributed by atoms with Crippen molar-refractivity contribution in [1.29, 1.82) is 0 Å². The lowest BCUT2D eigenvalue weighted by Gasteiger charge is -2.05. The number of methoxy groups -OCH3 is 2. The lowest BCUT2D eigenvalue weighted by molar-refractivity contribution is -0.130. The Morgan fingerprint density at radius 1 is 0.667 bits per heavy atom. The lowest BCUT2D eigenvalue weighted by atomic mass is 9.98. The molecule has 0 N–H and O–H groups in total. The molecule has 2 aromatic rings. The maximum atomic E-state index is 11.6. The summed E-state index contributed by atoms with van der Waals surface area (Å²) in [5.74, 6) is -1.31. The monoisotopic (exact) mass is 492 g/mol. The molecule has 0 fully saturated rings. The van der Waals surface area contributed by atoms with Crippen LogP contribution in [0.5, 0.6) is 0 Å². The molecule has 0 spiro atoms. The van der Waals surface area contributed by atoms with E-state index in [2.05, 4.69) is 19.7 Å². The number of carbonyl (C=O) groups excluding carboxylic acids is 4. The predicted molar refractivity (Wildman–Crippen MR) is 133 cm³/mol. The second-order valence-electron chi connectivity index (χ2n) is 8.28. The summed E-state index contributed by atoms with van der Waals surface area (Å²) >= 11 is 0. The molecule has 10 nitrogen and oxygen atoms in total. The first-order chi connectivity index (χ1) is 17.1. The minimum atomic E-state index is -0.379. The molecule has 0 aromatic heterocycles. The molecule has 10 heteroatoms. The first-order valence-electron chi connectivity index (χ1n) is 11.2. The minimum absolute atomic E-state index is 0.0259. The number of hydrogen-bond donors (Lipinski definition) is 0. The summed E-state index contributed by atoms with van der Waals surface area (Å²) in [5, 5.41) is 11.1. The van der Waals surface area contributed by atoms with Gasteiger partial charge in [0.05, 0.1) is 48.6 Å². The van der Waals surface area contributed by atoms with Crippen molar-refractivity contribution >= 4 is 35.2 Å². The molecular weight excluding hydrogens is 464 g/mol. The molecule has 36 heavy (non-hydrogen) atoms. The molecule has 188 valence electrons. The van der Waals surface area contributed by atoms with Gasteiger partial charge >= 0.3 is 11.9 Å². The van der Waals surface area contributed by atoms with Crippen LogP contribution in [0.15, 0.2) is 58.7 Å². The topological polar surface area (TPSA) is 118 Å². The maximum absolute atomic E-state index is 11.6. The van der Waals surface area contributed by atoms with E-state index in [-0.39, 0.29) is 35.6 Å². The Kier molecular flexibility index (Phi) is 7.98. The molecule has 2 atom stereocenters. The van der Waals surface area contributed by atoms with Gasteiger partial charge in [0.2, 0.25) is 0 Å². The first kappa shape index (κ1) is 26.3. The van der Waals surface area contributed by atoms with E-state index in [4.69, 9.17) is 0 Å². The van der Waals surface area contributed by atoms with Crippen molar-refractivity contribution in [3.05, 3.63) is 70.8 Å². The number of hydrazone groups is 2. The molecule has 0 radical (unpaired) electrons. The second-order valence-corrected chi connectivity index (χ2v) is 8.28. The Morgan fingerprint density at radius 3 is 1.19 bits per heavy atom. The molecular formula is C26H28N4O6. The van der Waals surface area contributed by atoms with Gasteiger partial charge in [0.25, 0.3) is 11.8 Å². The fourth-order valence-corrected chi connectivity index (χ4v) is 3.79. The van der Waals surface area contributed by atoms with Crippen LogP contribution in [0.3, 0.4) is 0 Å². The Balaban J connectivity index is 0.000000201. The standard InChI is InChI=1S/2C13H14N2O3/c2*1-8-11(14-15(2)12(8)16)9-4-6-10(7-5-9)13(17)18-3/h2*4-8H,1-3H3. The Morgan fingerprint density at radius 2 is 0.972 bits per heavy atom. The predicted octanol–water partition coefficient (Wildman–Crippen LogP) is 2.57. The third-order valence-electron chi connectivity index (χ3n) is 5.92. The normalized spacial score (nSPS) is 18.8. The SMILES string of the molecule is COC(=O)c1ccc(C2=NN(C)C(=O)C2C)cc1.COC(=O)c1ccc(C2=NN(C)C(=O)C2C)cc1. The van der Waals surface area contributed by atoms with E-state index in [1.54, 1.807) is 62.6 Å². The number of carbonyl (C=O) groups is 4. The molecule has 2 unspecified atom stereocenters. The van der Waals surface area contributed by atoms with Crippen LogP contribution in [-0.4, -0.2) is 73.5 Å². The Hall–Kier alpha value is -4.34. The smallest absolute Gasteiger partial charge is 0.337 e. The average Bonchev–Trinajstić information content (AvgIpc) is 3.32. The van der Waals surface area contributed by atoms with Gasteiger partial charge in [-0.1, -0.05) is 24.3 Å². The molecule has 0 aliphatic carbocycles. The van der Waals surface area contributed by atoms with Crippen molar-refractivity contribution in [2.24, 2.45) is 22.0 Å². The molecule has 2 aliphatic rings. The maximum Gasteiger partial charge on any atom is 0.337 e. The van der Waals surface area contributed by atoms with Crippen molar-refractivity contribution in [1.82, 2.24) is 10.0 Å². The summed E-state index contributed by atoms with van der Waals surface area (Å²) in [4.78, 5) is 45.9. The van der Waals surface area contributed by atoms with E-state index < -0.39 is 0 Å². The van der Waals surface area contributed by atoms with E-state index in [1.807, 2.05) is 13.8 Å². The molecule has 2 aliphatic heterocycles. The van der Waals surface area contributed by atoms with Gasteiger partial charge in [0.1, 0.15) is 0 Å². The molecule has 0 saturated carbocycles. The molecule has 2 heterocycles. The summed E-state index contributed by atoms with van der Waals surface area (Å²) in [7, 11) is 5.95. The van der Waals surface area contributed by atoms with Gasteiger partial charge in [-0.05, 0) is 49.2 Å². The highest BCUT2D eigenvalue weighted by molar-refractivity contribution is 6.16. The first-order valence-corrected chi connectivity index (χ1v) is 11.2. The molecule has 0 saturated heterocycles. The number of benzene rings is 2. The molecule has 4 rings (SSSR count). The zero-order valence-corrected chi connectivity index (χ0v) is 21.0. The van der Waals surface area contributed by atoms with E-state index in [0.29, 0.717) is 11.1 Å². The molecule has 2 aromatic carbocycles. The third-order valence-corrected chi connectivity index (χ3v) is 5.92. The minimum Gasteiger partial charge on any atom is -0.465 e. The van der Waals surface area contributed by atoms with Gasteiger partial charge in [-0.3, -0.25) is 9.59 Å². The van der Waals surface area contributed by atoms with Gasteiger partial charge in [-0.25, -0.2) is 19.6 Å². The number of ether oxygens (including phenoxy) is 2. The highest BCUT2D eigenvalue weighted by Gasteiger charge is 2.31. The number of amides is 2. The number of hydrogen-bond acceptors (Lipinski definition) is 8. The van der Waals surface area contributed by atoms with E-state index in [0.717, 1.165) is 22.6 Å². The number of esters is 2. The fraction of sp³-hybridized carbons (Fsp3) is 0.308. The summed E-state index contributed by atoms with van der Waals surface area (Å²) in [6.07, 6.45) is 0. The Bertz CT molecular complexity index is 1140. The summed E-state index contributed by atoms with van der Waals surface area (Å²) < 4.78 is 9.25. The highest BCUT2D eigenvalue weighted by atomic mass is 16.5. The van der Waals surface area contributed by atoms with E-state index in [9.17, 15) is 19.2 Å². The fourth-order valence-electron chi connectivity index (χ4n) is 3.79. The average molecular weight is 493 g/mol. The van der Waals surface area contributed by atoms with Crippen molar-refractivity contribution in [3.63, 3.8) is 0 Å². The molecule has 2 amide bonds. The van der Waals surface area contributed by atoms with Crippen LogP contribution >= 0.6 is 0 Å². The number of nitrogens with zero attached hydrogens (tertiary/aromatic N) is 4. The van der Waals surface area contributed by atoms with Crippen LogP contribution < -0.4 is 0 Å². The summed E-state index contributed by atoms with van der Waals surface area (Å²) in [6.45, 7) is 3.64. The van der Waals surface area contributed by atoms with Crippen LogP contribution in [0.25, 0.3) is 0 Å². The van der Waals surface area contributed by atoms with Crippen LogP contribution in [-0.2, 0) is 19.1 Å². The van der Waals surface area contributed by atoms with Crippen LogP contribution in [0, 0.1) is 11.8 Å². The number of rotatable bonds is 4. The van der Waals surface area contributed by atoms with Crippen molar-refractivity contribution in [3.8, 4) is 0 Å². The van der Waals surface area contributed by atoms with Crippen molar-refractivity contribution < 1.29 is 28.7 Å². The quantitative estimate of drug-likeness (QED) is 0.606. The second kappa shape index (κ2) is 10.9. The summed E-state index contributed by atoms with van der Waals surface area (Å²) in [6, 6.07) is 13.8. The third kappa shape index (κ3) is 5.32. The van der Waals surface area contributed by atoms with Gasteiger partial charge in [-0.2, -0.15) is 10.2 Å². The molecule has 0 bridgehead atoms. The lowest BCUT2D eigenvalue weighted by Crippen LogP contribution is -2.22. The largest absolute Gasteiger partial charge is 0.465 e. The Labute approximate surface area is 209 Å². The summed E-state index contributed by atoms with van der Waals surface area (Å²) in [5.41, 5.74) is 4.08. The zero-order chi connectivity index (χ0) is 26.6. The van der Waals surface area contributed by atoms with Gasteiger partial charge < -0.3 is 9.47 Å². The van der Waals surface area contributed by atoms with Crippen LogP contribution in [0.4, 0.5) is 0 Å². The van der Waals surface area contributed by atoms with E-state index in [1.165, 1.54) is 24.2 Å². The van der Waals surface area contributed by atoms with Crippen molar-refractivity contribution in [2.75, 3.05) is 28.3 Å². The highest BCUT2D eigenvalue weighted by Crippen LogP contribution is 2.21.